The number of halogens is 1. The second-order valence-corrected chi connectivity index (χ2v) is 11.0. The van der Waals surface area contributed by atoms with Gasteiger partial charge in [0.05, 0.1) is 14.1 Å². The number of hydrogen-bond acceptors (Lipinski definition) is 9. The first kappa shape index (κ1) is 26.6. The van der Waals surface area contributed by atoms with Crippen molar-refractivity contribution in [3.63, 3.8) is 0 Å². The van der Waals surface area contributed by atoms with E-state index in [2.05, 4.69) is 5.09 Å². The number of carbonyl (C=O) groups is 1. The van der Waals surface area contributed by atoms with Gasteiger partial charge in [-0.25, -0.2) is 9.36 Å². The maximum Gasteiger partial charge on any atom is 0.459 e. The van der Waals surface area contributed by atoms with Gasteiger partial charge in [-0.05, 0) is 39.8 Å². The molecule has 0 aliphatic carbocycles. The summed E-state index contributed by atoms with van der Waals surface area (Å²) in [5.74, 6) is -0.563. The van der Waals surface area contributed by atoms with E-state index in [4.69, 9.17) is 31.5 Å². The van der Waals surface area contributed by atoms with Crippen LogP contribution in [0.15, 0.2) is 52.2 Å². The number of alkyl halides is 1. The fourth-order valence-corrected chi connectivity index (χ4v) is 5.12. The summed E-state index contributed by atoms with van der Waals surface area (Å²) in [5, 5.41) is 13.4. The zero-order valence-corrected chi connectivity index (χ0v) is 21.7. The molecule has 3 N–H and O–H groups in total. The second kappa shape index (κ2) is 11.3. The lowest BCUT2D eigenvalue weighted by atomic mass is 10.0. The average Bonchev–Trinajstić information content (AvgIpc) is 2.97. The third-order valence-electron chi connectivity index (χ3n) is 5.09. The van der Waals surface area contributed by atoms with E-state index in [0.29, 0.717) is 0 Å². The van der Waals surface area contributed by atoms with Crippen LogP contribution in [0.5, 0.6) is 5.75 Å². The molecule has 1 saturated heterocycles. The molecule has 0 amide bonds. The molecule has 198 valence electrons. The molecule has 1 aromatic heterocycles. The molecule has 1 aliphatic heterocycles. The molecule has 1 fully saturated rings. The first-order valence-corrected chi connectivity index (χ1v) is 12.9. The highest BCUT2D eigenvalue weighted by Gasteiger charge is 2.54. The maximum absolute atomic E-state index is 13.7. The number of aromatic amines is 1. The Morgan fingerprint density at radius 3 is 2.61 bits per heavy atom. The molecule has 0 unspecified atom stereocenters. The van der Waals surface area contributed by atoms with E-state index < -0.39 is 67.0 Å². The van der Waals surface area contributed by atoms with E-state index in [1.165, 1.54) is 26.0 Å². The Labute approximate surface area is 213 Å². The van der Waals surface area contributed by atoms with Gasteiger partial charge in [0.15, 0.2) is 6.23 Å². The van der Waals surface area contributed by atoms with Gasteiger partial charge >= 0.3 is 19.4 Å². The van der Waals surface area contributed by atoms with Crippen molar-refractivity contribution in [3.05, 3.63) is 63.4 Å². The Balaban J connectivity index is 1.85. The highest BCUT2D eigenvalue weighted by molar-refractivity contribution is 7.52. The van der Waals surface area contributed by atoms with Crippen LogP contribution in [0.25, 0.3) is 0 Å². The maximum atomic E-state index is 13.7. The molecule has 1 aromatic carbocycles. The second-order valence-electron chi connectivity index (χ2n) is 8.49. The van der Waals surface area contributed by atoms with Gasteiger partial charge in [0.25, 0.3) is 5.56 Å². The molecule has 1 aliphatic rings. The lowest BCUT2D eigenvalue weighted by Crippen LogP contribution is -2.43. The van der Waals surface area contributed by atoms with Crippen LogP contribution in [0.4, 0.5) is 0 Å². The van der Waals surface area contributed by atoms with Crippen molar-refractivity contribution in [2.24, 2.45) is 0 Å². The summed E-state index contributed by atoms with van der Waals surface area (Å²) in [7, 11) is -4.34. The minimum absolute atomic E-state index is 0.149. The topological polar surface area (TPSA) is 158 Å². The predicted octanol–water partition coefficient (Wildman–Crippen LogP) is 1.93. The number of aromatic nitrogens is 2. The van der Waals surface area contributed by atoms with Gasteiger partial charge < -0.3 is 19.1 Å². The van der Waals surface area contributed by atoms with Crippen molar-refractivity contribution >= 4 is 25.3 Å². The van der Waals surface area contributed by atoms with Crippen LogP contribution < -0.4 is 20.9 Å². The van der Waals surface area contributed by atoms with Gasteiger partial charge in [0, 0.05) is 12.3 Å². The molecule has 2 heterocycles. The summed E-state index contributed by atoms with van der Waals surface area (Å²) in [6.07, 6.45) is -4.82. The van der Waals surface area contributed by atoms with E-state index in [9.17, 15) is 24.1 Å². The fraction of sp³-hybridized carbons (Fsp3) is 0.500. The van der Waals surface area contributed by atoms with Gasteiger partial charge in [-0.2, -0.15) is 5.09 Å². The summed E-state index contributed by atoms with van der Waals surface area (Å²) in [6, 6.07) is 7.91. The standard InChI is InChI=1S/C22H29ClN3O9P/c1-13(2)33-19(29)14(3)25-36(31,35-15-8-6-5-7-9-15)32-12-16-18(28)22(4,23)20(34-16)26-11-10-17(27)24-21(26)30/h5-11,13-14,16,18,20,28H,12H2,1-4H3,(H,25,31)(H,24,27,30)/t14-,16+,18-,20+,22+,36-/m0/s1/i18D. The summed E-state index contributed by atoms with van der Waals surface area (Å²) < 4.78 is 44.9. The van der Waals surface area contributed by atoms with Crippen molar-refractivity contribution < 1.29 is 34.4 Å². The van der Waals surface area contributed by atoms with Crippen molar-refractivity contribution in [3.8, 4) is 5.75 Å². The number of ether oxygens (including phenoxy) is 2. The van der Waals surface area contributed by atoms with Gasteiger partial charge in [0.1, 0.15) is 28.8 Å². The van der Waals surface area contributed by atoms with Crippen LogP contribution in [0.2, 0.25) is 0 Å². The lowest BCUT2D eigenvalue weighted by Gasteiger charge is -2.26. The number of benzene rings is 1. The predicted molar refractivity (Wildman–Crippen MR) is 130 cm³/mol. The number of H-pyrrole nitrogens is 1. The van der Waals surface area contributed by atoms with Gasteiger partial charge in [-0.15, -0.1) is 11.6 Å². The Morgan fingerprint density at radius 2 is 2.00 bits per heavy atom. The van der Waals surface area contributed by atoms with Crippen LogP contribution in [0.1, 0.15) is 35.3 Å². The molecule has 14 heteroatoms. The monoisotopic (exact) mass is 546 g/mol. The quantitative estimate of drug-likeness (QED) is 0.228. The average molecular weight is 547 g/mol. The molecule has 36 heavy (non-hydrogen) atoms. The van der Waals surface area contributed by atoms with Crippen LogP contribution >= 0.6 is 19.3 Å². The van der Waals surface area contributed by atoms with Crippen LogP contribution in [-0.2, 0) is 23.4 Å². The molecule has 2 aromatic rings. The zero-order valence-electron chi connectivity index (χ0n) is 21.0. The van der Waals surface area contributed by atoms with E-state index in [1.807, 2.05) is 4.98 Å². The summed E-state index contributed by atoms with van der Waals surface area (Å²) in [5.41, 5.74) is -1.54. The van der Waals surface area contributed by atoms with Crippen LogP contribution in [-0.4, -0.2) is 56.4 Å². The van der Waals surface area contributed by atoms with E-state index in [1.54, 1.807) is 32.0 Å². The number of rotatable bonds is 10. The molecule has 3 rings (SSSR count). The Hall–Kier alpha value is -2.47. The number of nitrogens with one attached hydrogen (secondary N) is 2. The van der Waals surface area contributed by atoms with Crippen molar-refractivity contribution in [1.29, 1.82) is 0 Å². The van der Waals surface area contributed by atoms with Gasteiger partial charge in [0.2, 0.25) is 0 Å². The summed E-state index contributed by atoms with van der Waals surface area (Å²) >= 11 is 6.47. The minimum Gasteiger partial charge on any atom is -0.462 e. The Morgan fingerprint density at radius 1 is 1.33 bits per heavy atom. The van der Waals surface area contributed by atoms with Crippen LogP contribution in [0, 0.1) is 0 Å². The van der Waals surface area contributed by atoms with E-state index >= 15 is 0 Å². The molecular formula is C22H29ClN3O9P. The number of carbonyl (C=O) groups excluding carboxylic acids is 1. The largest absolute Gasteiger partial charge is 0.462 e. The molecular weight excluding hydrogens is 517 g/mol. The van der Waals surface area contributed by atoms with Gasteiger partial charge in [-0.1, -0.05) is 18.2 Å². The Kier molecular flexibility index (Phi) is 8.34. The third kappa shape index (κ3) is 6.64. The number of para-hydroxylation sites is 1. The molecule has 12 nitrogen and oxygen atoms in total. The molecule has 0 spiro atoms. The smallest absolute Gasteiger partial charge is 0.459 e. The van der Waals surface area contributed by atoms with E-state index in [-0.39, 0.29) is 5.75 Å². The number of esters is 1. The normalized spacial score (nSPS) is 28.8. The zero-order chi connectivity index (χ0) is 27.6. The van der Waals surface area contributed by atoms with Crippen LogP contribution in [0.3, 0.4) is 0 Å². The number of aliphatic hydroxyl groups is 1. The number of nitrogens with zero attached hydrogens (tertiary/aromatic N) is 1. The van der Waals surface area contributed by atoms with E-state index in [0.717, 1.165) is 16.8 Å². The Bertz CT molecular complexity index is 1270. The minimum atomic E-state index is -4.34. The first-order valence-electron chi connectivity index (χ1n) is 11.5. The molecule has 0 radical (unpaired) electrons. The summed E-state index contributed by atoms with van der Waals surface area (Å²) in [4.78, 5) is 36.2. The highest BCUT2D eigenvalue weighted by atomic mass is 35.5. The fourth-order valence-electron chi connectivity index (χ4n) is 3.35. The van der Waals surface area contributed by atoms with Crippen molar-refractivity contribution in [2.45, 2.75) is 63.1 Å². The summed E-state index contributed by atoms with van der Waals surface area (Å²) in [6.45, 7) is 5.28. The molecule has 6 atom stereocenters. The van der Waals surface area contributed by atoms with Gasteiger partial charge in [-0.3, -0.25) is 23.7 Å². The lowest BCUT2D eigenvalue weighted by molar-refractivity contribution is -0.149. The SMILES string of the molecule is [2H][C@]1(O)[C@@H](CO[P@@](=O)(N[C@@H](C)C(=O)OC(C)C)Oc2ccccc2)O[C@@H](n2ccc(=O)[nH]c2=O)[C@]1(C)Cl. The highest BCUT2D eigenvalue weighted by Crippen LogP contribution is 2.48. The van der Waals surface area contributed by atoms with Crippen molar-refractivity contribution in [2.75, 3.05) is 6.61 Å². The molecule has 0 bridgehead atoms. The van der Waals surface area contributed by atoms with Crippen molar-refractivity contribution in [1.82, 2.24) is 14.6 Å². The third-order valence-corrected chi connectivity index (χ3v) is 7.11. The first-order chi connectivity index (χ1) is 17.2. The molecule has 0 saturated carbocycles. The number of hydrogen-bond donors (Lipinski definition) is 3.